The highest BCUT2D eigenvalue weighted by Gasteiger charge is 2.35. The van der Waals surface area contributed by atoms with Crippen LogP contribution in [0.2, 0.25) is 0 Å². The van der Waals surface area contributed by atoms with Crippen LogP contribution in [0.25, 0.3) is 0 Å². The summed E-state index contributed by atoms with van der Waals surface area (Å²) in [5.41, 5.74) is 0. The molecule has 1 amide bonds. The summed E-state index contributed by atoms with van der Waals surface area (Å²) in [5.74, 6) is 0.171. The van der Waals surface area contributed by atoms with Gasteiger partial charge in [-0.25, -0.2) is 0 Å². The third-order valence-corrected chi connectivity index (χ3v) is 5.72. The minimum Gasteiger partial charge on any atom is -0.378 e. The van der Waals surface area contributed by atoms with E-state index in [1.165, 1.54) is 32.1 Å². The molecular weight excluding hydrogens is 304 g/mol. The molecule has 138 valence electrons. The summed E-state index contributed by atoms with van der Waals surface area (Å²) >= 11 is 0. The first-order valence-corrected chi connectivity index (χ1v) is 9.74. The predicted octanol–water partition coefficient (Wildman–Crippen LogP) is 0.384. The van der Waals surface area contributed by atoms with Gasteiger partial charge in [0.25, 0.3) is 0 Å². The predicted molar refractivity (Wildman–Crippen MR) is 95.1 cm³/mol. The molecule has 3 fully saturated rings. The minimum absolute atomic E-state index is 0.149. The lowest BCUT2D eigenvalue weighted by molar-refractivity contribution is -0.123. The highest BCUT2D eigenvalue weighted by molar-refractivity contribution is 5.78. The number of piperazine rings is 1. The van der Waals surface area contributed by atoms with E-state index >= 15 is 0 Å². The average Bonchev–Trinajstić information content (AvgIpc) is 2.98. The van der Waals surface area contributed by atoms with Crippen LogP contribution < -0.4 is 5.32 Å². The van der Waals surface area contributed by atoms with Gasteiger partial charge in [0, 0.05) is 26.2 Å². The van der Waals surface area contributed by atoms with Gasteiger partial charge in [0.15, 0.2) is 0 Å². The zero-order chi connectivity index (χ0) is 16.8. The molecule has 0 aliphatic carbocycles. The summed E-state index contributed by atoms with van der Waals surface area (Å²) in [7, 11) is 2.17. The number of carbonyl (C=O) groups excluding carboxylic acids is 1. The molecule has 3 saturated heterocycles. The van der Waals surface area contributed by atoms with Gasteiger partial charge in [0.2, 0.25) is 5.91 Å². The molecule has 1 N–H and O–H groups in total. The van der Waals surface area contributed by atoms with E-state index in [4.69, 9.17) is 4.74 Å². The lowest BCUT2D eigenvalue weighted by Gasteiger charge is -2.38. The fraction of sp³-hybridized carbons (Fsp3) is 0.944. The van der Waals surface area contributed by atoms with E-state index in [0.29, 0.717) is 19.2 Å². The number of ether oxygens (including phenoxy) is 1. The Hall–Kier alpha value is -0.690. The lowest BCUT2D eigenvalue weighted by atomic mass is 10.1. The molecule has 0 unspecified atom stereocenters. The van der Waals surface area contributed by atoms with Crippen molar-refractivity contribution < 1.29 is 9.53 Å². The number of nitrogens with one attached hydrogen (secondary N) is 1. The molecule has 6 heteroatoms. The number of likely N-dealkylation sites (tertiary alicyclic amines) is 1. The van der Waals surface area contributed by atoms with Crippen LogP contribution in [0, 0.1) is 0 Å². The van der Waals surface area contributed by atoms with E-state index in [1.807, 2.05) is 0 Å². The molecule has 0 aromatic rings. The summed E-state index contributed by atoms with van der Waals surface area (Å²) in [4.78, 5) is 19.7. The van der Waals surface area contributed by atoms with Crippen molar-refractivity contribution in [3.8, 4) is 0 Å². The first-order valence-electron chi connectivity index (χ1n) is 9.74. The maximum atomic E-state index is 12.5. The smallest absolute Gasteiger partial charge is 0.234 e. The second-order valence-corrected chi connectivity index (χ2v) is 7.66. The fourth-order valence-corrected chi connectivity index (χ4v) is 4.12. The van der Waals surface area contributed by atoms with Crippen LogP contribution in [0.4, 0.5) is 0 Å². The zero-order valence-corrected chi connectivity index (χ0v) is 15.2. The number of likely N-dealkylation sites (N-methyl/N-ethyl adjacent to an activating group) is 1. The molecule has 3 heterocycles. The van der Waals surface area contributed by atoms with Crippen LogP contribution in [0.1, 0.15) is 32.1 Å². The normalized spacial score (nSPS) is 31.5. The zero-order valence-electron chi connectivity index (χ0n) is 15.2. The van der Waals surface area contributed by atoms with Crippen LogP contribution in [0.3, 0.4) is 0 Å². The Kier molecular flexibility index (Phi) is 6.89. The summed E-state index contributed by atoms with van der Waals surface area (Å²) in [5, 5.41) is 3.26. The molecule has 24 heavy (non-hydrogen) atoms. The highest BCUT2D eigenvalue weighted by atomic mass is 16.5. The standard InChI is InChI=1S/C18H34N4O2/c1-20-9-11-22(12-10-20)17-15-24-14-16(17)19-18(23)13-21-7-5-3-2-4-6-8-21/h16-17H,2-15H2,1H3,(H,19,23)/t16-,17-/m0/s1. The van der Waals surface area contributed by atoms with Crippen molar-refractivity contribution in [3.05, 3.63) is 0 Å². The summed E-state index contributed by atoms with van der Waals surface area (Å²) < 4.78 is 5.69. The van der Waals surface area contributed by atoms with Crippen LogP contribution in [-0.4, -0.2) is 98.8 Å². The Bertz CT molecular complexity index is 390. The fourth-order valence-electron chi connectivity index (χ4n) is 4.12. The second-order valence-electron chi connectivity index (χ2n) is 7.66. The van der Waals surface area contributed by atoms with Gasteiger partial charge in [-0.15, -0.1) is 0 Å². The van der Waals surface area contributed by atoms with E-state index in [9.17, 15) is 4.79 Å². The van der Waals surface area contributed by atoms with Gasteiger partial charge in [-0.05, 0) is 33.0 Å². The van der Waals surface area contributed by atoms with Crippen molar-refractivity contribution in [2.45, 2.75) is 44.2 Å². The van der Waals surface area contributed by atoms with Gasteiger partial charge in [-0.1, -0.05) is 19.3 Å². The molecule has 0 aromatic heterocycles. The minimum atomic E-state index is 0.149. The number of carbonyl (C=O) groups is 1. The van der Waals surface area contributed by atoms with Crippen LogP contribution in [0.15, 0.2) is 0 Å². The van der Waals surface area contributed by atoms with E-state index < -0.39 is 0 Å². The number of amides is 1. The Morgan fingerprint density at radius 1 is 0.958 bits per heavy atom. The number of hydrogen-bond acceptors (Lipinski definition) is 5. The molecule has 0 bridgehead atoms. The largest absolute Gasteiger partial charge is 0.378 e. The Balaban J connectivity index is 1.45. The van der Waals surface area contributed by atoms with Gasteiger partial charge in [0.1, 0.15) is 0 Å². The monoisotopic (exact) mass is 338 g/mol. The van der Waals surface area contributed by atoms with Crippen LogP contribution >= 0.6 is 0 Å². The maximum Gasteiger partial charge on any atom is 0.234 e. The van der Waals surface area contributed by atoms with Crippen molar-refractivity contribution >= 4 is 5.91 Å². The first kappa shape index (κ1) is 18.1. The molecule has 0 radical (unpaired) electrons. The molecule has 2 atom stereocenters. The van der Waals surface area contributed by atoms with E-state index in [1.54, 1.807) is 0 Å². The van der Waals surface area contributed by atoms with E-state index in [0.717, 1.165) is 45.9 Å². The second kappa shape index (κ2) is 9.13. The quantitative estimate of drug-likeness (QED) is 0.803. The van der Waals surface area contributed by atoms with Crippen molar-refractivity contribution in [3.63, 3.8) is 0 Å². The maximum absolute atomic E-state index is 12.5. The van der Waals surface area contributed by atoms with Crippen molar-refractivity contribution in [2.75, 3.05) is 66.1 Å². The van der Waals surface area contributed by atoms with E-state index in [2.05, 4.69) is 27.1 Å². The molecular formula is C18H34N4O2. The SMILES string of the molecule is CN1CCN([C@H]2COC[C@@H]2NC(=O)CN2CCCCCCC2)CC1. The summed E-state index contributed by atoms with van der Waals surface area (Å²) in [6.45, 7) is 8.43. The number of nitrogens with zero attached hydrogens (tertiary/aromatic N) is 3. The molecule has 3 aliphatic heterocycles. The lowest BCUT2D eigenvalue weighted by Crippen LogP contribution is -2.57. The molecule has 0 spiro atoms. The van der Waals surface area contributed by atoms with Crippen LogP contribution in [0.5, 0.6) is 0 Å². The summed E-state index contributed by atoms with van der Waals surface area (Å²) in [6.07, 6.45) is 6.42. The Morgan fingerprint density at radius 3 is 2.33 bits per heavy atom. The number of rotatable bonds is 4. The average molecular weight is 338 g/mol. The van der Waals surface area contributed by atoms with Crippen LogP contribution in [-0.2, 0) is 9.53 Å². The van der Waals surface area contributed by atoms with Gasteiger partial charge >= 0.3 is 0 Å². The molecule has 0 aromatic carbocycles. The van der Waals surface area contributed by atoms with Gasteiger partial charge in [0.05, 0.1) is 31.8 Å². The third kappa shape index (κ3) is 5.15. The van der Waals surface area contributed by atoms with E-state index in [-0.39, 0.29) is 11.9 Å². The molecule has 0 saturated carbocycles. The van der Waals surface area contributed by atoms with Gasteiger partial charge < -0.3 is 15.0 Å². The third-order valence-electron chi connectivity index (χ3n) is 5.72. The summed E-state index contributed by atoms with van der Waals surface area (Å²) in [6, 6.07) is 0.491. The van der Waals surface area contributed by atoms with Crippen molar-refractivity contribution in [1.29, 1.82) is 0 Å². The number of hydrogen-bond donors (Lipinski definition) is 1. The van der Waals surface area contributed by atoms with Crippen molar-refractivity contribution in [2.24, 2.45) is 0 Å². The van der Waals surface area contributed by atoms with Crippen molar-refractivity contribution in [1.82, 2.24) is 20.0 Å². The Morgan fingerprint density at radius 2 is 1.62 bits per heavy atom. The Labute approximate surface area is 146 Å². The topological polar surface area (TPSA) is 48.1 Å². The first-order chi connectivity index (χ1) is 11.7. The van der Waals surface area contributed by atoms with Gasteiger partial charge in [-0.2, -0.15) is 0 Å². The highest BCUT2D eigenvalue weighted by Crippen LogP contribution is 2.16. The molecule has 3 aliphatic rings. The molecule has 3 rings (SSSR count). The van der Waals surface area contributed by atoms with Gasteiger partial charge in [-0.3, -0.25) is 14.6 Å². The molecule has 6 nitrogen and oxygen atoms in total.